The predicted octanol–water partition coefficient (Wildman–Crippen LogP) is 2.32. The van der Waals surface area contributed by atoms with Gasteiger partial charge >= 0.3 is 0 Å². The van der Waals surface area contributed by atoms with Crippen LogP contribution in [0.1, 0.15) is 31.2 Å². The molecule has 23 heavy (non-hydrogen) atoms. The van der Waals surface area contributed by atoms with Crippen molar-refractivity contribution in [2.45, 2.75) is 43.5 Å². The average molecular weight is 333 g/mol. The van der Waals surface area contributed by atoms with Crippen LogP contribution in [0.3, 0.4) is 0 Å². The summed E-state index contributed by atoms with van der Waals surface area (Å²) in [7, 11) is -2.94. The summed E-state index contributed by atoms with van der Waals surface area (Å²) >= 11 is 0. The van der Waals surface area contributed by atoms with Crippen molar-refractivity contribution in [3.63, 3.8) is 0 Å². The van der Waals surface area contributed by atoms with Crippen molar-refractivity contribution >= 4 is 9.84 Å². The number of rotatable bonds is 5. The zero-order valence-electron chi connectivity index (χ0n) is 13.4. The van der Waals surface area contributed by atoms with Crippen LogP contribution in [0.4, 0.5) is 0 Å². The maximum absolute atomic E-state index is 11.8. The fourth-order valence-electron chi connectivity index (χ4n) is 3.27. The minimum absolute atomic E-state index is 0.199. The van der Waals surface area contributed by atoms with E-state index < -0.39 is 9.84 Å². The van der Waals surface area contributed by atoms with E-state index in [2.05, 4.69) is 16.5 Å². The number of hydrogen-bond acceptors (Lipinski definition) is 4. The Balaban J connectivity index is 1.67. The number of para-hydroxylation sites is 1. The number of benzene rings is 1. The Hall–Kier alpha value is -1.66. The van der Waals surface area contributed by atoms with E-state index in [1.54, 1.807) is 6.20 Å². The quantitative estimate of drug-likeness (QED) is 0.912. The minimum atomic E-state index is -2.94. The third-order valence-electron chi connectivity index (χ3n) is 4.56. The van der Waals surface area contributed by atoms with Gasteiger partial charge in [-0.15, -0.1) is 0 Å². The molecule has 2 unspecified atom stereocenters. The van der Waals surface area contributed by atoms with Crippen molar-refractivity contribution in [2.24, 2.45) is 0 Å². The highest BCUT2D eigenvalue weighted by molar-refractivity contribution is 7.91. The largest absolute Gasteiger partial charge is 0.310 e. The van der Waals surface area contributed by atoms with Crippen LogP contribution in [0.25, 0.3) is 5.69 Å². The summed E-state index contributed by atoms with van der Waals surface area (Å²) in [5, 5.41) is 7.63. The van der Waals surface area contributed by atoms with Crippen molar-refractivity contribution in [3.05, 3.63) is 48.3 Å². The second kappa shape index (κ2) is 6.84. The number of hydrogen-bond donors (Lipinski definition) is 1. The highest BCUT2D eigenvalue weighted by Crippen LogP contribution is 2.24. The molecule has 1 aromatic carbocycles. The van der Waals surface area contributed by atoms with Gasteiger partial charge in [0.05, 0.1) is 10.9 Å². The van der Waals surface area contributed by atoms with Crippen LogP contribution in [0.2, 0.25) is 0 Å². The highest BCUT2D eigenvalue weighted by Gasteiger charge is 2.28. The van der Waals surface area contributed by atoms with E-state index in [-0.39, 0.29) is 11.3 Å². The van der Waals surface area contributed by atoms with Gasteiger partial charge in [-0.1, -0.05) is 24.6 Å². The minimum Gasteiger partial charge on any atom is -0.310 e. The number of aromatic nitrogens is 2. The van der Waals surface area contributed by atoms with Gasteiger partial charge < -0.3 is 5.32 Å². The average Bonchev–Trinajstić information content (AvgIpc) is 3.07. The van der Waals surface area contributed by atoms with Crippen molar-refractivity contribution in [1.82, 2.24) is 15.1 Å². The second-order valence-electron chi connectivity index (χ2n) is 6.28. The van der Waals surface area contributed by atoms with Gasteiger partial charge in [0.25, 0.3) is 0 Å². The summed E-state index contributed by atoms with van der Waals surface area (Å²) in [5.74, 6) is 0. The zero-order chi connectivity index (χ0) is 16.3. The van der Waals surface area contributed by atoms with Crippen LogP contribution in [0, 0.1) is 0 Å². The molecule has 0 radical (unpaired) electrons. The zero-order valence-corrected chi connectivity index (χ0v) is 14.2. The lowest BCUT2D eigenvalue weighted by atomic mass is 9.94. The predicted molar refractivity (Wildman–Crippen MR) is 91.3 cm³/mol. The first-order valence-corrected chi connectivity index (χ1v) is 9.99. The first-order chi connectivity index (χ1) is 11.0. The van der Waals surface area contributed by atoms with Crippen LogP contribution >= 0.6 is 0 Å². The van der Waals surface area contributed by atoms with E-state index in [4.69, 9.17) is 0 Å². The molecule has 2 atom stereocenters. The smallest absolute Gasteiger partial charge is 0.150 e. The molecule has 1 saturated carbocycles. The van der Waals surface area contributed by atoms with Gasteiger partial charge in [-0.25, -0.2) is 13.1 Å². The van der Waals surface area contributed by atoms with Gasteiger partial charge in [-0.2, -0.15) is 5.10 Å². The maximum atomic E-state index is 11.8. The molecule has 0 saturated heterocycles. The maximum Gasteiger partial charge on any atom is 0.150 e. The lowest BCUT2D eigenvalue weighted by molar-refractivity contribution is 0.371. The Morgan fingerprint density at radius 3 is 2.83 bits per heavy atom. The summed E-state index contributed by atoms with van der Waals surface area (Å²) in [4.78, 5) is 0. The Kier molecular flexibility index (Phi) is 4.82. The molecular formula is C17H23N3O2S. The van der Waals surface area contributed by atoms with E-state index in [1.807, 2.05) is 35.1 Å². The molecule has 0 amide bonds. The lowest BCUT2D eigenvalue weighted by Crippen LogP contribution is -2.38. The summed E-state index contributed by atoms with van der Waals surface area (Å²) in [5.41, 5.74) is 2.22. The summed E-state index contributed by atoms with van der Waals surface area (Å²) in [6.07, 6.45) is 8.56. The van der Waals surface area contributed by atoms with E-state index in [1.165, 1.54) is 6.26 Å². The second-order valence-corrected chi connectivity index (χ2v) is 8.60. The summed E-state index contributed by atoms with van der Waals surface area (Å²) in [6.45, 7) is 0.719. The van der Waals surface area contributed by atoms with E-state index in [0.717, 1.165) is 37.1 Å². The Bertz CT molecular complexity index is 741. The lowest BCUT2D eigenvalue weighted by Gasteiger charge is -2.29. The number of sulfone groups is 1. The standard InChI is InChI=1S/C17H23N3O2S/c1-23(21,22)16-8-4-7-15(12-16)18-13-14-6-2-3-9-17(14)20-11-5-10-19-20/h2-3,5-6,9-11,15-16,18H,4,7-8,12-13H2,1H3. The first-order valence-electron chi connectivity index (χ1n) is 8.04. The SMILES string of the molecule is CS(=O)(=O)C1CCCC(NCc2ccccc2-n2cccn2)C1. The fourth-order valence-corrected chi connectivity index (χ4v) is 4.45. The van der Waals surface area contributed by atoms with E-state index in [0.29, 0.717) is 6.42 Å². The number of nitrogens with zero attached hydrogens (tertiary/aromatic N) is 2. The van der Waals surface area contributed by atoms with Gasteiger partial charge in [0.15, 0.2) is 0 Å². The Labute approximate surface area is 137 Å². The molecule has 1 heterocycles. The van der Waals surface area contributed by atoms with Gasteiger partial charge in [0.2, 0.25) is 0 Å². The molecule has 0 bridgehead atoms. The molecular weight excluding hydrogens is 310 g/mol. The van der Waals surface area contributed by atoms with Gasteiger partial charge in [0.1, 0.15) is 9.84 Å². The molecule has 2 aromatic rings. The highest BCUT2D eigenvalue weighted by atomic mass is 32.2. The molecule has 1 fully saturated rings. The molecule has 1 N–H and O–H groups in total. The van der Waals surface area contributed by atoms with Crippen molar-refractivity contribution < 1.29 is 8.42 Å². The molecule has 0 aliphatic heterocycles. The molecule has 1 aliphatic rings. The molecule has 1 aliphatic carbocycles. The van der Waals surface area contributed by atoms with Crippen LogP contribution in [0.15, 0.2) is 42.7 Å². The molecule has 124 valence electrons. The molecule has 0 spiro atoms. The third-order valence-corrected chi connectivity index (χ3v) is 6.19. The summed E-state index contributed by atoms with van der Waals surface area (Å²) in [6, 6.07) is 10.3. The topological polar surface area (TPSA) is 64.0 Å². The van der Waals surface area contributed by atoms with Gasteiger partial charge in [-0.3, -0.25) is 0 Å². The number of nitrogens with one attached hydrogen (secondary N) is 1. The van der Waals surface area contributed by atoms with E-state index >= 15 is 0 Å². The van der Waals surface area contributed by atoms with Crippen molar-refractivity contribution in [2.75, 3.05) is 6.26 Å². The molecule has 1 aromatic heterocycles. The summed E-state index contributed by atoms with van der Waals surface area (Å²) < 4.78 is 25.4. The van der Waals surface area contributed by atoms with Crippen LogP contribution in [-0.4, -0.2) is 35.7 Å². The normalized spacial score (nSPS) is 22.1. The van der Waals surface area contributed by atoms with Crippen molar-refractivity contribution in [3.8, 4) is 5.69 Å². The van der Waals surface area contributed by atoms with Gasteiger partial charge in [-0.05, 0) is 37.0 Å². The molecule has 6 heteroatoms. The Morgan fingerprint density at radius 1 is 1.26 bits per heavy atom. The molecule has 3 rings (SSSR count). The third kappa shape index (κ3) is 4.00. The monoisotopic (exact) mass is 333 g/mol. The van der Waals surface area contributed by atoms with E-state index in [9.17, 15) is 8.42 Å². The molecule has 5 nitrogen and oxygen atoms in total. The van der Waals surface area contributed by atoms with Gasteiger partial charge in [0, 0.05) is 31.2 Å². The van der Waals surface area contributed by atoms with Crippen LogP contribution in [-0.2, 0) is 16.4 Å². The van der Waals surface area contributed by atoms with Crippen LogP contribution < -0.4 is 5.32 Å². The Morgan fingerprint density at radius 2 is 2.09 bits per heavy atom. The first kappa shape index (κ1) is 16.2. The van der Waals surface area contributed by atoms with Crippen LogP contribution in [0.5, 0.6) is 0 Å². The fraction of sp³-hybridized carbons (Fsp3) is 0.471. The van der Waals surface area contributed by atoms with Crippen molar-refractivity contribution in [1.29, 1.82) is 0 Å².